The molecule has 2 aliphatic rings. The predicted molar refractivity (Wildman–Crippen MR) is 56.9 cm³/mol. The lowest BCUT2D eigenvalue weighted by Crippen LogP contribution is -1.95. The maximum absolute atomic E-state index is 5.33. The summed E-state index contributed by atoms with van der Waals surface area (Å²) in [5.74, 6) is 0. The molecule has 0 aromatic heterocycles. The fraction of sp³-hybridized carbons (Fsp3) is 0.167. The average Bonchev–Trinajstić information content (AvgIpc) is 3.03. The van der Waals surface area contributed by atoms with E-state index < -0.39 is 0 Å². The van der Waals surface area contributed by atoms with E-state index in [2.05, 4.69) is 29.6 Å². The molecule has 1 saturated heterocycles. The number of allylic oxidation sites excluding steroid dienone is 2. The van der Waals surface area contributed by atoms with E-state index >= 15 is 0 Å². The summed E-state index contributed by atoms with van der Waals surface area (Å²) in [5, 5.41) is 3.25. The highest BCUT2D eigenvalue weighted by atomic mass is 16.6. The lowest BCUT2D eigenvalue weighted by molar-refractivity contribution is 0.445. The standard InChI is InChI=1S/C12H11NO/c1-2-6-11-9(4-1)10(12-8-14-12)5-3-7-13-11/h1-7,12-13H,8H2. The van der Waals surface area contributed by atoms with Gasteiger partial charge in [-0.2, -0.15) is 0 Å². The SMILES string of the molecule is C1=CNc2ccccc2C(C2CO2)=C1. The minimum Gasteiger partial charge on any atom is -0.368 e. The summed E-state index contributed by atoms with van der Waals surface area (Å²) in [4.78, 5) is 0. The summed E-state index contributed by atoms with van der Waals surface area (Å²) in [5.41, 5.74) is 3.69. The second-order valence-electron chi connectivity index (χ2n) is 3.49. The summed E-state index contributed by atoms with van der Waals surface area (Å²) in [6.07, 6.45) is 6.41. The Morgan fingerprint density at radius 3 is 3.00 bits per heavy atom. The van der Waals surface area contributed by atoms with Crippen molar-refractivity contribution in [1.29, 1.82) is 0 Å². The predicted octanol–water partition coefficient (Wildman–Crippen LogP) is 2.41. The van der Waals surface area contributed by atoms with E-state index in [1.165, 1.54) is 11.1 Å². The Morgan fingerprint density at radius 1 is 1.29 bits per heavy atom. The molecule has 14 heavy (non-hydrogen) atoms. The molecule has 0 radical (unpaired) electrons. The molecule has 2 aliphatic heterocycles. The van der Waals surface area contributed by atoms with Crippen molar-refractivity contribution >= 4 is 11.3 Å². The fourth-order valence-corrected chi connectivity index (χ4v) is 1.75. The van der Waals surface area contributed by atoms with Crippen LogP contribution in [0.1, 0.15) is 5.56 Å². The summed E-state index contributed by atoms with van der Waals surface area (Å²) in [6.45, 7) is 0.855. The lowest BCUT2D eigenvalue weighted by atomic mass is 10.0. The normalized spacial score (nSPS) is 23.1. The van der Waals surface area contributed by atoms with Crippen molar-refractivity contribution in [2.24, 2.45) is 0 Å². The van der Waals surface area contributed by atoms with Crippen molar-refractivity contribution in [3.05, 3.63) is 48.2 Å². The number of nitrogens with one attached hydrogen (secondary N) is 1. The number of rotatable bonds is 1. The number of hydrogen-bond donors (Lipinski definition) is 1. The average molecular weight is 185 g/mol. The number of fused-ring (bicyclic) bond motifs is 1. The first kappa shape index (κ1) is 7.83. The molecule has 2 heteroatoms. The van der Waals surface area contributed by atoms with Gasteiger partial charge in [0.1, 0.15) is 6.10 Å². The molecule has 0 spiro atoms. The Bertz CT molecular complexity index is 416. The van der Waals surface area contributed by atoms with Gasteiger partial charge in [-0.1, -0.05) is 24.3 Å². The zero-order chi connectivity index (χ0) is 9.38. The molecule has 3 rings (SSSR count). The zero-order valence-electron chi connectivity index (χ0n) is 7.73. The third-order valence-corrected chi connectivity index (χ3v) is 2.53. The molecule has 2 heterocycles. The summed E-state index contributed by atoms with van der Waals surface area (Å²) >= 11 is 0. The van der Waals surface area contributed by atoms with Gasteiger partial charge in [0, 0.05) is 17.5 Å². The first-order chi connectivity index (χ1) is 6.95. The van der Waals surface area contributed by atoms with Crippen LogP contribution in [-0.2, 0) is 4.74 Å². The Labute approximate surface area is 82.9 Å². The van der Waals surface area contributed by atoms with E-state index in [4.69, 9.17) is 4.74 Å². The van der Waals surface area contributed by atoms with E-state index in [0.717, 1.165) is 12.3 Å². The van der Waals surface area contributed by atoms with Crippen molar-refractivity contribution in [3.63, 3.8) is 0 Å². The van der Waals surface area contributed by atoms with Crippen LogP contribution in [0, 0.1) is 0 Å². The molecule has 1 aromatic carbocycles. The quantitative estimate of drug-likeness (QED) is 0.679. The van der Waals surface area contributed by atoms with Gasteiger partial charge in [-0.3, -0.25) is 0 Å². The van der Waals surface area contributed by atoms with Gasteiger partial charge < -0.3 is 10.1 Å². The molecule has 1 aromatic rings. The van der Waals surface area contributed by atoms with Crippen molar-refractivity contribution < 1.29 is 4.74 Å². The molecule has 0 aliphatic carbocycles. The van der Waals surface area contributed by atoms with E-state index in [1.54, 1.807) is 0 Å². The Kier molecular flexibility index (Phi) is 1.67. The van der Waals surface area contributed by atoms with E-state index in [9.17, 15) is 0 Å². The maximum atomic E-state index is 5.33. The third-order valence-electron chi connectivity index (χ3n) is 2.53. The van der Waals surface area contributed by atoms with Crippen molar-refractivity contribution in [2.45, 2.75) is 6.10 Å². The van der Waals surface area contributed by atoms with E-state index in [0.29, 0.717) is 6.10 Å². The van der Waals surface area contributed by atoms with Crippen LogP contribution in [0.5, 0.6) is 0 Å². The van der Waals surface area contributed by atoms with Crippen LogP contribution in [0.4, 0.5) is 5.69 Å². The van der Waals surface area contributed by atoms with Crippen LogP contribution in [0.3, 0.4) is 0 Å². The summed E-state index contributed by atoms with van der Waals surface area (Å²) in [6, 6.07) is 8.31. The topological polar surface area (TPSA) is 24.6 Å². The molecule has 70 valence electrons. The third kappa shape index (κ3) is 1.24. The molecule has 1 unspecified atom stereocenters. The van der Waals surface area contributed by atoms with Crippen LogP contribution < -0.4 is 5.32 Å². The molecule has 0 saturated carbocycles. The van der Waals surface area contributed by atoms with Crippen LogP contribution in [0.25, 0.3) is 5.57 Å². The highest BCUT2D eigenvalue weighted by Gasteiger charge is 2.29. The van der Waals surface area contributed by atoms with Gasteiger partial charge >= 0.3 is 0 Å². The summed E-state index contributed by atoms with van der Waals surface area (Å²) in [7, 11) is 0. The highest BCUT2D eigenvalue weighted by Crippen LogP contribution is 2.34. The molecule has 2 nitrogen and oxygen atoms in total. The lowest BCUT2D eigenvalue weighted by Gasteiger charge is -2.08. The first-order valence-electron chi connectivity index (χ1n) is 4.79. The van der Waals surface area contributed by atoms with Gasteiger partial charge in [-0.25, -0.2) is 0 Å². The number of anilines is 1. The van der Waals surface area contributed by atoms with Crippen LogP contribution in [0.2, 0.25) is 0 Å². The van der Waals surface area contributed by atoms with Crippen LogP contribution >= 0.6 is 0 Å². The van der Waals surface area contributed by atoms with Gasteiger partial charge in [-0.15, -0.1) is 0 Å². The molecular formula is C12H11NO. The van der Waals surface area contributed by atoms with Crippen LogP contribution in [-0.4, -0.2) is 12.7 Å². The maximum Gasteiger partial charge on any atom is 0.107 e. The molecule has 0 amide bonds. The van der Waals surface area contributed by atoms with Crippen molar-refractivity contribution in [2.75, 3.05) is 11.9 Å². The Morgan fingerprint density at radius 2 is 2.14 bits per heavy atom. The smallest absolute Gasteiger partial charge is 0.107 e. The van der Waals surface area contributed by atoms with Gasteiger partial charge in [0.25, 0.3) is 0 Å². The molecule has 1 fully saturated rings. The molecule has 1 atom stereocenters. The molecule has 1 N–H and O–H groups in total. The zero-order valence-corrected chi connectivity index (χ0v) is 7.73. The fourth-order valence-electron chi connectivity index (χ4n) is 1.75. The first-order valence-corrected chi connectivity index (χ1v) is 4.79. The minimum absolute atomic E-state index is 0.306. The van der Waals surface area contributed by atoms with Crippen molar-refractivity contribution in [3.8, 4) is 0 Å². The van der Waals surface area contributed by atoms with Crippen molar-refractivity contribution in [1.82, 2.24) is 0 Å². The van der Waals surface area contributed by atoms with Gasteiger partial charge in [-0.05, 0) is 17.7 Å². The number of para-hydroxylation sites is 1. The van der Waals surface area contributed by atoms with Gasteiger partial charge in [0.05, 0.1) is 6.61 Å². The number of epoxide rings is 1. The number of hydrogen-bond acceptors (Lipinski definition) is 2. The second-order valence-corrected chi connectivity index (χ2v) is 3.49. The second kappa shape index (κ2) is 3.00. The Balaban J connectivity index is 2.12. The van der Waals surface area contributed by atoms with E-state index in [-0.39, 0.29) is 0 Å². The molecular weight excluding hydrogens is 174 g/mol. The van der Waals surface area contributed by atoms with Gasteiger partial charge in [0.2, 0.25) is 0 Å². The molecule has 0 bridgehead atoms. The minimum atomic E-state index is 0.306. The number of benzene rings is 1. The van der Waals surface area contributed by atoms with Gasteiger partial charge in [0.15, 0.2) is 0 Å². The largest absolute Gasteiger partial charge is 0.368 e. The highest BCUT2D eigenvalue weighted by molar-refractivity contribution is 5.82. The van der Waals surface area contributed by atoms with Crippen LogP contribution in [0.15, 0.2) is 42.6 Å². The number of ether oxygens (including phenoxy) is 1. The Hall–Kier alpha value is -1.54. The van der Waals surface area contributed by atoms with E-state index in [1.807, 2.05) is 18.3 Å². The summed E-state index contributed by atoms with van der Waals surface area (Å²) < 4.78 is 5.33. The monoisotopic (exact) mass is 185 g/mol.